The van der Waals surface area contributed by atoms with Crippen molar-refractivity contribution in [2.75, 3.05) is 4.90 Å². The normalized spacial score (nSPS) is 22.4. The molecule has 6 heteroatoms. The van der Waals surface area contributed by atoms with Crippen LogP contribution in [0.2, 0.25) is 0 Å². The van der Waals surface area contributed by atoms with Crippen molar-refractivity contribution in [3.05, 3.63) is 209 Å². The highest BCUT2D eigenvalue weighted by atomic mass is 16.3. The molecule has 1 saturated carbocycles. The van der Waals surface area contributed by atoms with E-state index < -0.39 is 0 Å². The zero-order valence-corrected chi connectivity index (χ0v) is 32.8. The zero-order valence-electron chi connectivity index (χ0n) is 32.8. The number of allylic oxidation sites excluding steroid dienone is 3. The Morgan fingerprint density at radius 2 is 1.27 bits per heavy atom. The fourth-order valence-electron chi connectivity index (χ4n) is 10.6. The van der Waals surface area contributed by atoms with Crippen molar-refractivity contribution in [1.29, 1.82) is 0 Å². The average Bonchev–Trinajstić information content (AvgIpc) is 3.72. The van der Waals surface area contributed by atoms with Crippen LogP contribution in [0.15, 0.2) is 190 Å². The lowest BCUT2D eigenvalue weighted by Crippen LogP contribution is -2.44. The number of nitrogens with one attached hydrogen (secondary N) is 2. The van der Waals surface area contributed by atoms with Crippen LogP contribution in [0.5, 0.6) is 0 Å². The van der Waals surface area contributed by atoms with Crippen molar-refractivity contribution >= 4 is 67.2 Å². The van der Waals surface area contributed by atoms with Gasteiger partial charge in [-0.3, -0.25) is 5.32 Å². The molecule has 2 aromatic heterocycles. The van der Waals surface area contributed by atoms with Crippen LogP contribution in [0.25, 0.3) is 50.0 Å². The molecule has 0 saturated heterocycles. The Morgan fingerprint density at radius 1 is 0.583 bits per heavy atom. The number of para-hydroxylation sites is 1. The number of hydrogen-bond donors (Lipinski definition) is 2. The summed E-state index contributed by atoms with van der Waals surface area (Å²) < 4.78 is 13.1. The quantitative estimate of drug-likeness (QED) is 0.186. The number of hydrogen-bond acceptors (Lipinski definition) is 6. The van der Waals surface area contributed by atoms with E-state index in [2.05, 4.69) is 191 Å². The molecule has 4 aliphatic rings. The highest BCUT2D eigenvalue weighted by Gasteiger charge is 2.62. The second kappa shape index (κ2) is 12.9. The summed E-state index contributed by atoms with van der Waals surface area (Å²) in [5.74, 6) is 1.21. The Morgan fingerprint density at radius 3 is 2.08 bits per heavy atom. The van der Waals surface area contributed by atoms with E-state index in [-0.39, 0.29) is 29.7 Å². The smallest absolute Gasteiger partial charge is 0.137 e. The number of aliphatic imine (C=N–C) groups is 1. The SMILES string of the molecule is C1=C\C(c2ccc3oc4ccc(C5N=C(c6ccccc6)NC(c6ccccc6)N5)cc4c3c2)C2c3ccccc3N(c3cccc4oc5cccc(c5c34)/C=C/1)C21CC1. The molecule has 1 fully saturated rings. The molecule has 9 aromatic rings. The summed E-state index contributed by atoms with van der Waals surface area (Å²) in [5.41, 5.74) is 13.2. The molecule has 7 aromatic carbocycles. The van der Waals surface area contributed by atoms with E-state index in [9.17, 15) is 0 Å². The van der Waals surface area contributed by atoms with Gasteiger partial charge in [-0.1, -0.05) is 133 Å². The number of rotatable bonds is 4. The first-order valence-corrected chi connectivity index (χ1v) is 21.1. The van der Waals surface area contributed by atoms with Gasteiger partial charge in [0.15, 0.2) is 0 Å². The Balaban J connectivity index is 0.958. The van der Waals surface area contributed by atoms with Crippen LogP contribution in [0.4, 0.5) is 11.4 Å². The highest BCUT2D eigenvalue weighted by Crippen LogP contribution is 2.67. The van der Waals surface area contributed by atoms with Crippen molar-refractivity contribution < 1.29 is 8.83 Å². The molecule has 13 rings (SSSR count). The van der Waals surface area contributed by atoms with E-state index in [1.54, 1.807) is 0 Å². The summed E-state index contributed by atoms with van der Waals surface area (Å²) in [6.07, 6.45) is 11.0. The summed E-state index contributed by atoms with van der Waals surface area (Å²) >= 11 is 0. The molecule has 5 heterocycles. The van der Waals surface area contributed by atoms with Crippen LogP contribution in [0, 0.1) is 0 Å². The van der Waals surface area contributed by atoms with Gasteiger partial charge in [-0.2, -0.15) is 0 Å². The first-order chi connectivity index (χ1) is 29.7. The Labute approximate surface area is 347 Å². The molecule has 2 N–H and O–H groups in total. The molecule has 0 amide bonds. The monoisotopic (exact) mass is 776 g/mol. The highest BCUT2D eigenvalue weighted by molar-refractivity contribution is 6.16. The van der Waals surface area contributed by atoms with Crippen molar-refractivity contribution in [3.63, 3.8) is 0 Å². The van der Waals surface area contributed by atoms with Gasteiger partial charge in [0.1, 0.15) is 40.5 Å². The van der Waals surface area contributed by atoms with Gasteiger partial charge in [0.05, 0.1) is 16.6 Å². The Kier molecular flexibility index (Phi) is 7.28. The van der Waals surface area contributed by atoms with Crippen molar-refractivity contribution in [3.8, 4) is 0 Å². The van der Waals surface area contributed by atoms with E-state index in [0.29, 0.717) is 0 Å². The van der Waals surface area contributed by atoms with Gasteiger partial charge in [-0.05, 0) is 89.2 Å². The summed E-state index contributed by atoms with van der Waals surface area (Å²) in [7, 11) is 0. The Bertz CT molecular complexity index is 3260. The van der Waals surface area contributed by atoms with Gasteiger partial charge < -0.3 is 19.1 Å². The largest absolute Gasteiger partial charge is 0.456 e. The topological polar surface area (TPSA) is 65.9 Å². The van der Waals surface area contributed by atoms with E-state index in [0.717, 1.165) is 74.0 Å². The fourth-order valence-corrected chi connectivity index (χ4v) is 10.6. The van der Waals surface area contributed by atoms with Crippen molar-refractivity contribution in [1.82, 2.24) is 10.6 Å². The van der Waals surface area contributed by atoms with Crippen LogP contribution < -0.4 is 15.5 Å². The van der Waals surface area contributed by atoms with Gasteiger partial charge in [0.25, 0.3) is 0 Å². The predicted molar refractivity (Wildman–Crippen MR) is 243 cm³/mol. The molecule has 2 bridgehead atoms. The maximum absolute atomic E-state index is 6.57. The van der Waals surface area contributed by atoms with E-state index in [1.807, 2.05) is 6.07 Å². The van der Waals surface area contributed by atoms with E-state index in [4.69, 9.17) is 13.8 Å². The van der Waals surface area contributed by atoms with Gasteiger partial charge in [0.2, 0.25) is 0 Å². The number of amidine groups is 1. The first kappa shape index (κ1) is 33.8. The van der Waals surface area contributed by atoms with Gasteiger partial charge >= 0.3 is 0 Å². The summed E-state index contributed by atoms with van der Waals surface area (Å²) in [5, 5.41) is 12.0. The first-order valence-electron chi connectivity index (χ1n) is 21.1. The predicted octanol–water partition coefficient (Wildman–Crippen LogP) is 13.0. The molecule has 1 spiro atoms. The summed E-state index contributed by atoms with van der Waals surface area (Å²) in [6, 6.07) is 56.4. The van der Waals surface area contributed by atoms with Crippen LogP contribution >= 0.6 is 0 Å². The lowest BCUT2D eigenvalue weighted by atomic mass is 9.76. The molecule has 60 heavy (non-hydrogen) atoms. The summed E-state index contributed by atoms with van der Waals surface area (Å²) in [4.78, 5) is 7.94. The minimum atomic E-state index is -0.271. The maximum atomic E-state index is 6.57. The number of nitrogens with zero attached hydrogens (tertiary/aromatic N) is 2. The third kappa shape index (κ3) is 5.07. The molecular weight excluding hydrogens is 737 g/mol. The number of anilines is 2. The van der Waals surface area contributed by atoms with Crippen molar-refractivity contribution in [2.24, 2.45) is 4.99 Å². The molecule has 6 nitrogen and oxygen atoms in total. The molecule has 4 atom stereocenters. The molecule has 4 unspecified atom stereocenters. The number of fused-ring (bicyclic) bond motifs is 7. The maximum Gasteiger partial charge on any atom is 0.137 e. The minimum Gasteiger partial charge on any atom is -0.456 e. The fraction of sp³-hybridized carbons (Fsp3) is 0.130. The zero-order chi connectivity index (χ0) is 39.4. The Hall–Kier alpha value is -7.15. The summed E-state index contributed by atoms with van der Waals surface area (Å²) in [6.45, 7) is 0. The van der Waals surface area contributed by atoms with Gasteiger partial charge in [-0.15, -0.1) is 0 Å². The average molecular weight is 777 g/mol. The van der Waals surface area contributed by atoms with Crippen LogP contribution in [0.3, 0.4) is 0 Å². The number of furan rings is 2. The van der Waals surface area contributed by atoms with Crippen LogP contribution in [-0.2, 0) is 0 Å². The third-order valence-corrected chi connectivity index (χ3v) is 13.4. The van der Waals surface area contributed by atoms with Crippen LogP contribution in [-0.4, -0.2) is 11.4 Å². The molecule has 1 aliphatic carbocycles. The lowest BCUT2D eigenvalue weighted by molar-refractivity contribution is 0.409. The lowest BCUT2D eigenvalue weighted by Gasteiger charge is -2.34. The van der Waals surface area contributed by atoms with Gasteiger partial charge in [0, 0.05) is 39.2 Å². The standard InChI is InChI=1S/C54H40N4O2/c1-3-14-34(15-4-1)51-55-52(35-16-5-2-6-17-35)57-53(56-51)37-26-28-45-41(32-37)40-31-36(25-27-44(40)59-45)38-19-8-7-13-33-18-11-23-46-48(33)49-43(22-12-24-47(49)60-46)58-42-21-10-9-20-39(42)50(38)54(58)29-30-54/h1-28,31-32,38,50-51,53,56H,29-30H2,(H,55,57)/b13-7+,19-8-. The third-order valence-electron chi connectivity index (χ3n) is 13.4. The number of benzene rings is 7. The van der Waals surface area contributed by atoms with E-state index in [1.165, 1.54) is 33.3 Å². The molecule has 288 valence electrons. The van der Waals surface area contributed by atoms with E-state index >= 15 is 0 Å². The van der Waals surface area contributed by atoms with Crippen LogP contribution in [0.1, 0.15) is 70.4 Å². The minimum absolute atomic E-state index is 0.0700. The van der Waals surface area contributed by atoms with Crippen molar-refractivity contribution in [2.45, 2.75) is 42.5 Å². The molecule has 0 radical (unpaired) electrons. The van der Waals surface area contributed by atoms with Gasteiger partial charge in [-0.25, -0.2) is 4.99 Å². The second-order valence-electron chi connectivity index (χ2n) is 16.7. The second-order valence-corrected chi connectivity index (χ2v) is 16.7. The molecule has 3 aliphatic heterocycles. The molecular formula is C54H40N4O2.